The van der Waals surface area contributed by atoms with Gasteiger partial charge in [-0.1, -0.05) is 3.71 Å². The van der Waals surface area contributed by atoms with Crippen molar-refractivity contribution in [3.05, 3.63) is 0 Å². The number of quaternary nitrogens is 1. The van der Waals surface area contributed by atoms with Crippen molar-refractivity contribution in [3.63, 3.8) is 0 Å². The second-order valence-corrected chi connectivity index (χ2v) is 9.80. The molecule has 0 radical (unpaired) electrons. The first kappa shape index (κ1) is 30.5. The third-order valence-electron chi connectivity index (χ3n) is 3.96. The third kappa shape index (κ3) is 8.92. The van der Waals surface area contributed by atoms with E-state index in [1.807, 2.05) is 0 Å². The van der Waals surface area contributed by atoms with Gasteiger partial charge < -0.3 is 14.0 Å². The molecule has 0 spiro atoms. The van der Waals surface area contributed by atoms with Gasteiger partial charge in [-0.25, -0.2) is 16.8 Å². The number of nitrogens with zero attached hydrogens (tertiary/aromatic N) is 2. The van der Waals surface area contributed by atoms with Gasteiger partial charge in [0.2, 0.25) is 0 Å². The number of halogens is 6. The summed E-state index contributed by atoms with van der Waals surface area (Å²) in [6, 6.07) is 0. The van der Waals surface area contributed by atoms with E-state index in [1.54, 1.807) is 7.11 Å². The van der Waals surface area contributed by atoms with Crippen LogP contribution in [0.1, 0.15) is 13.8 Å². The Bertz CT molecular complexity index is 631. The minimum atomic E-state index is -6.71. The Morgan fingerprint density at radius 2 is 1.14 bits per heavy atom. The molecular weight excluding hydrogens is 458 g/mol. The van der Waals surface area contributed by atoms with E-state index in [9.17, 15) is 43.2 Å². The molecule has 178 valence electrons. The highest BCUT2D eigenvalue weighted by Crippen LogP contribution is 2.34. The summed E-state index contributed by atoms with van der Waals surface area (Å²) in [5.41, 5.74) is -12.4. The molecule has 0 aromatic heterocycles. The van der Waals surface area contributed by atoms with Crippen LogP contribution in [-0.4, -0.2) is 96.7 Å². The number of likely N-dealkylation sites (N-methyl/N-ethyl adjacent to an activating group) is 1. The van der Waals surface area contributed by atoms with Crippen LogP contribution in [0.5, 0.6) is 0 Å². The van der Waals surface area contributed by atoms with E-state index in [-0.39, 0.29) is 0 Å². The number of rotatable bonds is 10. The van der Waals surface area contributed by atoms with E-state index >= 15 is 0 Å². The zero-order valence-electron chi connectivity index (χ0n) is 16.7. The lowest BCUT2D eigenvalue weighted by molar-refractivity contribution is -0.906. The summed E-state index contributed by atoms with van der Waals surface area (Å²) in [6.45, 7) is 6.20. The molecule has 0 aliphatic heterocycles. The fraction of sp³-hybridized carbons (Fsp3) is 1.00. The molecule has 0 aliphatic rings. The van der Waals surface area contributed by atoms with Gasteiger partial charge in [0.05, 0.1) is 39.9 Å². The minimum absolute atomic E-state index is 0.832. The third-order valence-corrected chi connectivity index (χ3v) is 7.75. The summed E-state index contributed by atoms with van der Waals surface area (Å²) < 4.78 is 125. The molecular formula is C13H27F6N2O6S2+. The van der Waals surface area contributed by atoms with E-state index in [0.29, 0.717) is 0 Å². The van der Waals surface area contributed by atoms with Crippen molar-refractivity contribution >= 4 is 20.0 Å². The van der Waals surface area contributed by atoms with Crippen molar-refractivity contribution in [1.82, 2.24) is 3.71 Å². The zero-order chi connectivity index (χ0) is 23.7. The normalized spacial score (nSPS) is 13.9. The van der Waals surface area contributed by atoms with Crippen molar-refractivity contribution in [2.24, 2.45) is 0 Å². The highest BCUT2D eigenvalue weighted by Gasteiger charge is 2.61. The average Bonchev–Trinajstić information content (AvgIpc) is 2.58. The van der Waals surface area contributed by atoms with Crippen molar-refractivity contribution in [2.75, 3.05) is 60.7 Å². The van der Waals surface area contributed by atoms with Crippen LogP contribution in [0.2, 0.25) is 0 Å². The van der Waals surface area contributed by atoms with Crippen molar-refractivity contribution in [1.29, 1.82) is 0 Å². The minimum Gasteiger partial charge on any atom is -0.383 e. The molecule has 0 rings (SSSR count). The maximum absolute atomic E-state index is 12.1. The lowest BCUT2D eigenvalue weighted by atomic mass is 10.4. The molecule has 0 fully saturated rings. The SMILES string of the molecule is CC[N+](C)(CC)CCOC.COCCN(S(=O)(=O)C(F)(F)F)S(=O)(=O)C(F)(F)F. The lowest BCUT2D eigenvalue weighted by Crippen LogP contribution is -2.50. The number of methoxy groups -OCH3 is 2. The lowest BCUT2D eigenvalue weighted by Gasteiger charge is -2.31. The molecule has 0 bridgehead atoms. The van der Waals surface area contributed by atoms with Crippen molar-refractivity contribution in [2.45, 2.75) is 24.9 Å². The van der Waals surface area contributed by atoms with Gasteiger partial charge in [-0.3, -0.25) is 0 Å². The number of hydrogen-bond donors (Lipinski definition) is 0. The predicted octanol–water partition coefficient (Wildman–Crippen LogP) is 1.75. The number of sulfonamides is 2. The Morgan fingerprint density at radius 3 is 1.38 bits per heavy atom. The van der Waals surface area contributed by atoms with Crippen LogP contribution in [0.15, 0.2) is 0 Å². The van der Waals surface area contributed by atoms with E-state index < -0.39 is 47.9 Å². The first-order valence-corrected chi connectivity index (χ1v) is 11.0. The first-order chi connectivity index (χ1) is 12.9. The van der Waals surface area contributed by atoms with Crippen molar-refractivity contribution in [3.8, 4) is 0 Å². The molecule has 0 aliphatic carbocycles. The van der Waals surface area contributed by atoms with Gasteiger partial charge in [-0.2, -0.15) is 26.3 Å². The summed E-state index contributed by atoms with van der Waals surface area (Å²) in [5, 5.41) is 0. The molecule has 29 heavy (non-hydrogen) atoms. The van der Waals surface area contributed by atoms with Gasteiger partial charge in [-0.15, -0.1) is 0 Å². The Labute approximate surface area is 167 Å². The molecule has 0 N–H and O–H groups in total. The summed E-state index contributed by atoms with van der Waals surface area (Å²) in [5.74, 6) is 0. The van der Waals surface area contributed by atoms with Crippen LogP contribution >= 0.6 is 0 Å². The van der Waals surface area contributed by atoms with Crippen LogP contribution in [0.4, 0.5) is 26.3 Å². The van der Waals surface area contributed by atoms with Crippen LogP contribution in [0.3, 0.4) is 0 Å². The van der Waals surface area contributed by atoms with Gasteiger partial charge in [0.15, 0.2) is 0 Å². The maximum Gasteiger partial charge on any atom is 0.512 e. The van der Waals surface area contributed by atoms with Gasteiger partial charge in [0, 0.05) is 14.2 Å². The number of hydrogen-bond acceptors (Lipinski definition) is 6. The van der Waals surface area contributed by atoms with Crippen LogP contribution < -0.4 is 0 Å². The predicted molar refractivity (Wildman–Crippen MR) is 92.5 cm³/mol. The fourth-order valence-corrected chi connectivity index (χ4v) is 4.25. The van der Waals surface area contributed by atoms with Crippen molar-refractivity contribution < 1.29 is 57.1 Å². The quantitative estimate of drug-likeness (QED) is 0.346. The molecule has 0 saturated heterocycles. The second-order valence-electron chi connectivity index (χ2n) is 5.86. The number of alkyl halides is 6. The standard InChI is InChI=1S/C8H20NO.C5H7F6NO5S2/c1-5-9(3,6-2)7-8-10-4;1-17-3-2-12(18(13,14)4(6,7)8)19(15,16)5(9,10)11/h5-8H2,1-4H3;2-3H2,1H3/q+1;. The summed E-state index contributed by atoms with van der Waals surface area (Å²) in [4.78, 5) is 0. The highest BCUT2D eigenvalue weighted by atomic mass is 32.3. The van der Waals surface area contributed by atoms with E-state index in [2.05, 4.69) is 25.6 Å². The molecule has 0 amide bonds. The van der Waals surface area contributed by atoms with Crippen LogP contribution in [-0.2, 0) is 29.5 Å². The number of ether oxygens (including phenoxy) is 2. The average molecular weight is 485 g/mol. The summed E-state index contributed by atoms with van der Waals surface area (Å²) >= 11 is 0. The molecule has 0 aromatic carbocycles. The first-order valence-electron chi connectivity index (χ1n) is 8.09. The largest absolute Gasteiger partial charge is 0.512 e. The van der Waals surface area contributed by atoms with Crippen LogP contribution in [0, 0.1) is 0 Å². The molecule has 0 saturated carbocycles. The Morgan fingerprint density at radius 1 is 0.793 bits per heavy atom. The molecule has 0 unspecified atom stereocenters. The van der Waals surface area contributed by atoms with Gasteiger partial charge in [0.1, 0.15) is 6.54 Å². The zero-order valence-corrected chi connectivity index (χ0v) is 18.3. The van der Waals surface area contributed by atoms with Gasteiger partial charge >= 0.3 is 31.1 Å². The van der Waals surface area contributed by atoms with E-state index in [4.69, 9.17) is 4.74 Å². The fourth-order valence-electron chi connectivity index (χ4n) is 1.62. The topological polar surface area (TPSA) is 90.0 Å². The van der Waals surface area contributed by atoms with Gasteiger partial charge in [0.25, 0.3) is 0 Å². The van der Waals surface area contributed by atoms with Gasteiger partial charge in [-0.05, 0) is 13.8 Å². The molecule has 8 nitrogen and oxygen atoms in total. The monoisotopic (exact) mass is 485 g/mol. The smallest absolute Gasteiger partial charge is 0.383 e. The molecule has 16 heteroatoms. The highest BCUT2D eigenvalue weighted by molar-refractivity contribution is 8.04. The maximum atomic E-state index is 12.1. The second kappa shape index (κ2) is 11.6. The Hall–Kier alpha value is -0.680. The van der Waals surface area contributed by atoms with E-state index in [0.717, 1.165) is 24.7 Å². The molecule has 0 heterocycles. The Kier molecular flexibility index (Phi) is 12.2. The molecule has 0 atom stereocenters. The Balaban J connectivity index is 0. The summed E-state index contributed by atoms with van der Waals surface area (Å²) in [7, 11) is -8.56. The van der Waals surface area contributed by atoms with E-state index in [1.165, 1.54) is 13.1 Å². The molecule has 0 aromatic rings. The van der Waals surface area contributed by atoms with Crippen LogP contribution in [0.25, 0.3) is 0 Å². The summed E-state index contributed by atoms with van der Waals surface area (Å²) in [6.07, 6.45) is 0.